The first kappa shape index (κ1) is 32.7. The Balaban J connectivity index is 0.00000400. The molecule has 213 valence electrons. The van der Waals surface area contributed by atoms with E-state index in [4.69, 9.17) is 14.9 Å². The molecule has 1 radical (unpaired) electrons. The van der Waals surface area contributed by atoms with E-state index in [-0.39, 0.29) is 91.8 Å². The van der Waals surface area contributed by atoms with E-state index >= 15 is 0 Å². The predicted octanol–water partition coefficient (Wildman–Crippen LogP) is 3.98. The van der Waals surface area contributed by atoms with Crippen molar-refractivity contribution >= 4 is 12.2 Å². The van der Waals surface area contributed by atoms with E-state index in [0.717, 1.165) is 23.8 Å². The van der Waals surface area contributed by atoms with Gasteiger partial charge in [0.1, 0.15) is 11.7 Å². The van der Waals surface area contributed by atoms with Gasteiger partial charge in [-0.3, -0.25) is 0 Å². The van der Waals surface area contributed by atoms with Gasteiger partial charge >= 0.3 is 5.97 Å². The number of ether oxygens (including phenoxy) is 2. The average molecular weight is 747 g/mol. The second-order valence-electron chi connectivity index (χ2n) is 13.8. The molecule has 2 bridgehead atoms. The van der Waals surface area contributed by atoms with E-state index in [9.17, 15) is 20.1 Å². The minimum atomic E-state index is -1.44. The fourth-order valence-electron chi connectivity index (χ4n) is 9.74. The number of hydrogen-bond acceptors (Lipinski definition) is 7. The third-order valence-electron chi connectivity index (χ3n) is 12.2. The van der Waals surface area contributed by atoms with Gasteiger partial charge in [0.15, 0.2) is 6.10 Å². The van der Waals surface area contributed by atoms with Crippen molar-refractivity contribution in [2.24, 2.45) is 52.3 Å². The van der Waals surface area contributed by atoms with Gasteiger partial charge in [-0.2, -0.15) is 0 Å². The van der Waals surface area contributed by atoms with Crippen molar-refractivity contribution in [2.75, 3.05) is 6.61 Å². The van der Waals surface area contributed by atoms with Gasteiger partial charge in [0.05, 0.1) is 18.3 Å². The smallest absolute Gasteiger partial charge is 0.336 e. The van der Waals surface area contributed by atoms with Gasteiger partial charge in [0, 0.05) is 73.4 Å². The molecule has 4 rings (SSSR count). The Hall–Kier alpha value is 0.162. The molecule has 0 aromatic heterocycles. The summed E-state index contributed by atoms with van der Waals surface area (Å²) in [5.74, 6) is -1.95. The molecule has 3 fully saturated rings. The van der Waals surface area contributed by atoms with Gasteiger partial charge in [0.25, 0.3) is 0 Å². The molecular weight excluding hydrogens is 697 g/mol. The van der Waals surface area contributed by atoms with Gasteiger partial charge in [0.2, 0.25) is 0 Å². The van der Waals surface area contributed by atoms with Crippen LogP contribution in [-0.4, -0.2) is 63.6 Å². The number of aliphatic hydroxyl groups excluding tert-OH is 1. The van der Waals surface area contributed by atoms with Crippen LogP contribution in [-0.2, 0) is 14.3 Å². The molecule has 13 atom stereocenters. The Morgan fingerprint density at radius 1 is 1.11 bits per heavy atom. The van der Waals surface area contributed by atoms with Crippen molar-refractivity contribution in [3.05, 3.63) is 11.1 Å². The fraction of sp³-hybridized carbons (Fsp3) is 0.867. The van der Waals surface area contributed by atoms with Crippen LogP contribution in [0.5, 0.6) is 0 Å². The van der Waals surface area contributed by atoms with Crippen LogP contribution in [0.2, 0.25) is 0 Å². The summed E-state index contributed by atoms with van der Waals surface area (Å²) in [7, 11) is 0. The first-order valence-electron chi connectivity index (χ1n) is 14.1. The zero-order valence-corrected chi connectivity index (χ0v) is 29.7. The Morgan fingerprint density at radius 2 is 1.68 bits per heavy atom. The third kappa shape index (κ3) is 4.04. The molecule has 7 nitrogen and oxygen atoms in total. The summed E-state index contributed by atoms with van der Waals surface area (Å²) in [6.45, 7) is 21.1. The van der Waals surface area contributed by atoms with Crippen LogP contribution in [0.3, 0.4) is 0 Å². The summed E-state index contributed by atoms with van der Waals surface area (Å²) >= 11 is 0. The molecule has 4 N–H and O–H groups in total. The number of esters is 1. The molecule has 1 heterocycles. The molecular formula is C30H49AcNO6. The average Bonchev–Trinajstić information content (AvgIpc) is 2.84. The zero-order valence-electron chi connectivity index (χ0n) is 24.9. The van der Waals surface area contributed by atoms with Crippen LogP contribution in [0, 0.1) is 102 Å². The summed E-state index contributed by atoms with van der Waals surface area (Å²) in [5, 5.41) is 43.0. The first-order chi connectivity index (χ1) is 16.9. The quantitative estimate of drug-likeness (QED) is 0.197. The number of rotatable bonds is 4. The van der Waals surface area contributed by atoms with Gasteiger partial charge < -0.3 is 30.2 Å². The normalized spacial score (nSPS) is 49.1. The van der Waals surface area contributed by atoms with Crippen LogP contribution in [0.1, 0.15) is 75.7 Å². The molecule has 0 aromatic carbocycles. The summed E-state index contributed by atoms with van der Waals surface area (Å²) in [5.41, 5.74) is -1.18. The van der Waals surface area contributed by atoms with Crippen LogP contribution in [0.4, 0.5) is 0 Å². The monoisotopic (exact) mass is 746 g/mol. The topological polar surface area (TPSA) is 120 Å². The molecule has 0 aromatic rings. The predicted molar refractivity (Wildman–Crippen MR) is 142 cm³/mol. The number of nitrogens with one attached hydrogen (secondary N) is 1. The number of hydrogen-bond donors (Lipinski definition) is 4. The second-order valence-corrected chi connectivity index (χ2v) is 13.8. The van der Waals surface area contributed by atoms with Crippen molar-refractivity contribution in [2.45, 2.75) is 105 Å². The van der Waals surface area contributed by atoms with Crippen molar-refractivity contribution in [1.82, 2.24) is 0 Å². The van der Waals surface area contributed by atoms with E-state index in [1.54, 1.807) is 6.92 Å². The Labute approximate surface area is 264 Å². The van der Waals surface area contributed by atoms with E-state index < -0.39 is 46.6 Å². The third-order valence-corrected chi connectivity index (χ3v) is 12.2. The maximum Gasteiger partial charge on any atom is 0.336 e. The van der Waals surface area contributed by atoms with Gasteiger partial charge in [-0.25, -0.2) is 4.79 Å². The van der Waals surface area contributed by atoms with Gasteiger partial charge in [-0.05, 0) is 48.0 Å². The van der Waals surface area contributed by atoms with E-state index in [0.29, 0.717) is 0 Å². The van der Waals surface area contributed by atoms with Crippen LogP contribution >= 0.6 is 0 Å². The summed E-state index contributed by atoms with van der Waals surface area (Å²) in [4.78, 5) is 13.0. The van der Waals surface area contributed by atoms with Crippen molar-refractivity contribution in [3.63, 3.8) is 0 Å². The van der Waals surface area contributed by atoms with E-state index in [1.807, 2.05) is 13.8 Å². The summed E-state index contributed by atoms with van der Waals surface area (Å²) < 4.78 is 11.9. The number of aliphatic hydroxyl groups is 3. The van der Waals surface area contributed by atoms with Crippen molar-refractivity contribution in [1.29, 1.82) is 5.41 Å². The largest absolute Gasteiger partial charge is 0.456 e. The Morgan fingerprint density at radius 3 is 2.18 bits per heavy atom. The molecule has 8 heteroatoms. The number of carbonyl (C=O) groups is 1. The van der Waals surface area contributed by atoms with E-state index in [2.05, 4.69) is 48.5 Å². The van der Waals surface area contributed by atoms with Crippen LogP contribution in [0.25, 0.3) is 0 Å². The van der Waals surface area contributed by atoms with Crippen molar-refractivity contribution in [3.8, 4) is 0 Å². The molecule has 3 aliphatic carbocycles. The van der Waals surface area contributed by atoms with E-state index in [1.165, 1.54) is 0 Å². The fourth-order valence-corrected chi connectivity index (χ4v) is 9.74. The van der Waals surface area contributed by atoms with Crippen LogP contribution < -0.4 is 0 Å². The molecule has 4 aliphatic rings. The minimum absolute atomic E-state index is 0. The molecule has 2 saturated carbocycles. The molecule has 0 spiro atoms. The molecule has 38 heavy (non-hydrogen) atoms. The number of fused-ring (bicyclic) bond motifs is 5. The van der Waals surface area contributed by atoms with Crippen molar-refractivity contribution < 1.29 is 73.7 Å². The van der Waals surface area contributed by atoms with Gasteiger partial charge in [-0.1, -0.05) is 67.9 Å². The molecule has 1 aliphatic heterocycles. The SMILES string of the molecule is CC1=C2C(C)C(C)[C@]3(C)C(C)CC4OCC4(O)C3[C@H](C)C(O)([C@@H](C)C1OC(=O)C(O)C(C)C=N)C2(C)C.[Ac]. The van der Waals surface area contributed by atoms with Gasteiger partial charge in [-0.15, -0.1) is 0 Å². The summed E-state index contributed by atoms with van der Waals surface area (Å²) in [6, 6.07) is 0. The second kappa shape index (κ2) is 10.5. The Bertz CT molecular complexity index is 999. The minimum Gasteiger partial charge on any atom is -0.456 e. The number of carbonyl (C=O) groups excluding carboxylic acids is 1. The standard InChI is InChI=1S/C30H49NO6.Ac/c1-14(12-31)23(32)26(33)37-24-17(4)22-16(3)18(5)28(10)15(2)11-21-29(34,13-36-21)25(28)20(7)30(35,19(24)6)27(22,8)9;/h12,14-16,18-21,23-25,31-32,34-35H,11,13H2,1-10H3;/t14?,15?,16?,18?,19-,20-,21?,23?,24?,25?,28-,29?,30?;/m0./s1. The van der Waals surface area contributed by atoms with Crippen LogP contribution in [0.15, 0.2) is 11.1 Å². The Kier molecular flexibility index (Phi) is 8.99. The maximum atomic E-state index is 13.0. The first-order valence-corrected chi connectivity index (χ1v) is 14.1. The molecule has 10 unspecified atom stereocenters. The zero-order chi connectivity index (χ0) is 28.0. The summed E-state index contributed by atoms with van der Waals surface area (Å²) in [6.07, 6.45) is -0.567. The maximum absolute atomic E-state index is 13.0. The molecule has 1 saturated heterocycles. The molecule has 0 amide bonds.